The van der Waals surface area contributed by atoms with Gasteiger partial charge >= 0.3 is 0 Å². The van der Waals surface area contributed by atoms with Gasteiger partial charge in [0.05, 0.1) is 0 Å². The maximum absolute atomic E-state index is 6.16. The van der Waals surface area contributed by atoms with Gasteiger partial charge in [0.1, 0.15) is 0 Å². The van der Waals surface area contributed by atoms with Crippen LogP contribution >= 0.6 is 11.8 Å². The molecule has 1 aliphatic heterocycles. The second-order valence-corrected chi connectivity index (χ2v) is 7.58. The third-order valence-corrected chi connectivity index (χ3v) is 5.50. The summed E-state index contributed by atoms with van der Waals surface area (Å²) in [6.07, 6.45) is 2.61. The van der Waals surface area contributed by atoms with Crippen LogP contribution in [0.1, 0.15) is 33.6 Å². The van der Waals surface area contributed by atoms with E-state index in [1.54, 1.807) is 0 Å². The summed E-state index contributed by atoms with van der Waals surface area (Å²) in [5.74, 6) is 3.32. The zero-order valence-electron chi connectivity index (χ0n) is 11.0. The molecule has 2 rings (SSSR count). The minimum atomic E-state index is 0.296. The van der Waals surface area contributed by atoms with Crippen LogP contribution in [0.4, 0.5) is 0 Å². The fourth-order valence-corrected chi connectivity index (χ4v) is 4.83. The van der Waals surface area contributed by atoms with Crippen molar-refractivity contribution in [3.63, 3.8) is 0 Å². The molecule has 1 saturated carbocycles. The molecule has 1 aliphatic carbocycles. The van der Waals surface area contributed by atoms with Gasteiger partial charge in [-0.15, -0.1) is 0 Å². The van der Waals surface area contributed by atoms with Crippen molar-refractivity contribution in [1.82, 2.24) is 4.90 Å². The van der Waals surface area contributed by atoms with Gasteiger partial charge < -0.3 is 5.73 Å². The van der Waals surface area contributed by atoms with E-state index >= 15 is 0 Å². The zero-order valence-corrected chi connectivity index (χ0v) is 11.8. The van der Waals surface area contributed by atoms with Crippen LogP contribution in [-0.2, 0) is 0 Å². The zero-order chi connectivity index (χ0) is 11.8. The normalized spacial score (nSPS) is 40.1. The van der Waals surface area contributed by atoms with E-state index in [0.717, 1.165) is 12.5 Å². The summed E-state index contributed by atoms with van der Waals surface area (Å²) in [7, 11) is 0. The summed E-state index contributed by atoms with van der Waals surface area (Å²) in [5, 5.41) is 0. The molecular formula is C13H26N2S. The third-order valence-electron chi connectivity index (χ3n) is 4.56. The molecule has 2 fully saturated rings. The van der Waals surface area contributed by atoms with Crippen molar-refractivity contribution < 1.29 is 0 Å². The highest BCUT2D eigenvalue weighted by Crippen LogP contribution is 2.50. The largest absolute Gasteiger partial charge is 0.329 e. The molecule has 3 heteroatoms. The molecular weight excluding hydrogens is 216 g/mol. The SMILES string of the molecule is CC1CC(C)(C)CC1(CN)N1CCSCC1. The van der Waals surface area contributed by atoms with E-state index < -0.39 is 0 Å². The van der Waals surface area contributed by atoms with E-state index in [1.165, 1.54) is 37.4 Å². The van der Waals surface area contributed by atoms with Crippen LogP contribution in [0.3, 0.4) is 0 Å². The highest BCUT2D eigenvalue weighted by Gasteiger charge is 2.51. The van der Waals surface area contributed by atoms with Crippen LogP contribution in [-0.4, -0.2) is 41.6 Å². The molecule has 16 heavy (non-hydrogen) atoms. The minimum absolute atomic E-state index is 0.296. The van der Waals surface area contributed by atoms with E-state index in [0.29, 0.717) is 11.0 Å². The van der Waals surface area contributed by atoms with Crippen molar-refractivity contribution in [2.24, 2.45) is 17.1 Å². The van der Waals surface area contributed by atoms with Crippen molar-refractivity contribution in [1.29, 1.82) is 0 Å². The first-order valence-electron chi connectivity index (χ1n) is 6.53. The third kappa shape index (κ3) is 2.14. The Labute approximate surface area is 104 Å². The lowest BCUT2D eigenvalue weighted by Gasteiger charge is -2.46. The number of nitrogens with two attached hydrogens (primary N) is 1. The second kappa shape index (κ2) is 4.51. The number of hydrogen-bond acceptors (Lipinski definition) is 3. The quantitative estimate of drug-likeness (QED) is 0.805. The minimum Gasteiger partial charge on any atom is -0.329 e. The monoisotopic (exact) mass is 242 g/mol. The Hall–Kier alpha value is 0.270. The van der Waals surface area contributed by atoms with Gasteiger partial charge in [-0.05, 0) is 24.2 Å². The van der Waals surface area contributed by atoms with Crippen LogP contribution in [0.25, 0.3) is 0 Å². The van der Waals surface area contributed by atoms with E-state index in [4.69, 9.17) is 5.73 Å². The highest BCUT2D eigenvalue weighted by atomic mass is 32.2. The van der Waals surface area contributed by atoms with Crippen molar-refractivity contribution in [3.05, 3.63) is 0 Å². The highest BCUT2D eigenvalue weighted by molar-refractivity contribution is 7.99. The standard InChI is InChI=1S/C13H26N2S/c1-11-8-12(2,3)9-13(11,10-14)15-4-6-16-7-5-15/h11H,4-10,14H2,1-3H3. The molecule has 2 unspecified atom stereocenters. The van der Waals surface area contributed by atoms with E-state index in [-0.39, 0.29) is 0 Å². The van der Waals surface area contributed by atoms with Gasteiger partial charge in [0.2, 0.25) is 0 Å². The lowest BCUT2D eigenvalue weighted by Crippen LogP contribution is -2.58. The fourth-order valence-electron chi connectivity index (χ4n) is 3.93. The summed E-state index contributed by atoms with van der Waals surface area (Å²) in [5.41, 5.74) is 6.93. The van der Waals surface area contributed by atoms with Crippen LogP contribution in [0, 0.1) is 11.3 Å². The fraction of sp³-hybridized carbons (Fsp3) is 1.00. The molecule has 0 aromatic heterocycles. The Morgan fingerprint density at radius 3 is 2.38 bits per heavy atom. The first-order chi connectivity index (χ1) is 7.50. The summed E-state index contributed by atoms with van der Waals surface area (Å²) >= 11 is 2.09. The summed E-state index contributed by atoms with van der Waals surface area (Å²) < 4.78 is 0. The van der Waals surface area contributed by atoms with Gasteiger partial charge in [-0.3, -0.25) is 4.90 Å². The smallest absolute Gasteiger partial charge is 0.0363 e. The van der Waals surface area contributed by atoms with Crippen LogP contribution in [0.15, 0.2) is 0 Å². The predicted molar refractivity (Wildman–Crippen MR) is 72.9 cm³/mol. The number of rotatable bonds is 2. The van der Waals surface area contributed by atoms with Gasteiger partial charge in [-0.1, -0.05) is 20.8 Å². The molecule has 2 N–H and O–H groups in total. The van der Waals surface area contributed by atoms with Gasteiger partial charge in [-0.2, -0.15) is 11.8 Å². The van der Waals surface area contributed by atoms with Crippen molar-refractivity contribution in [2.75, 3.05) is 31.1 Å². The molecule has 0 aromatic rings. The first-order valence-corrected chi connectivity index (χ1v) is 7.68. The Morgan fingerprint density at radius 1 is 1.31 bits per heavy atom. The van der Waals surface area contributed by atoms with Crippen LogP contribution in [0.5, 0.6) is 0 Å². The molecule has 1 saturated heterocycles. The molecule has 0 spiro atoms. The molecule has 2 nitrogen and oxygen atoms in total. The van der Waals surface area contributed by atoms with Gasteiger partial charge in [0, 0.05) is 36.7 Å². The van der Waals surface area contributed by atoms with Crippen LogP contribution in [0.2, 0.25) is 0 Å². The van der Waals surface area contributed by atoms with Crippen molar-refractivity contribution in [2.45, 2.75) is 39.2 Å². The maximum Gasteiger partial charge on any atom is 0.0363 e. The average molecular weight is 242 g/mol. The summed E-state index contributed by atoms with van der Waals surface area (Å²) in [4.78, 5) is 2.70. The molecule has 0 amide bonds. The number of hydrogen-bond donors (Lipinski definition) is 1. The van der Waals surface area contributed by atoms with Gasteiger partial charge in [-0.25, -0.2) is 0 Å². The lowest BCUT2D eigenvalue weighted by molar-refractivity contribution is 0.0691. The topological polar surface area (TPSA) is 29.3 Å². The first kappa shape index (κ1) is 12.7. The maximum atomic E-state index is 6.16. The van der Waals surface area contributed by atoms with E-state index in [9.17, 15) is 0 Å². The lowest BCUT2D eigenvalue weighted by atomic mass is 9.84. The Bertz CT molecular complexity index is 248. The number of thioether (sulfide) groups is 1. The molecule has 94 valence electrons. The Balaban J connectivity index is 2.18. The van der Waals surface area contributed by atoms with Gasteiger partial charge in [0.25, 0.3) is 0 Å². The Kier molecular flexibility index (Phi) is 3.58. The van der Waals surface area contributed by atoms with Gasteiger partial charge in [0.15, 0.2) is 0 Å². The number of nitrogens with zero attached hydrogens (tertiary/aromatic N) is 1. The second-order valence-electron chi connectivity index (χ2n) is 6.35. The van der Waals surface area contributed by atoms with E-state index in [2.05, 4.69) is 37.4 Å². The van der Waals surface area contributed by atoms with Crippen LogP contribution < -0.4 is 5.73 Å². The Morgan fingerprint density at radius 2 is 1.94 bits per heavy atom. The molecule has 1 heterocycles. The summed E-state index contributed by atoms with van der Waals surface area (Å²) in [6, 6.07) is 0. The predicted octanol–water partition coefficient (Wildman–Crippen LogP) is 2.19. The average Bonchev–Trinajstić information content (AvgIpc) is 2.50. The molecule has 0 radical (unpaired) electrons. The molecule has 0 bridgehead atoms. The van der Waals surface area contributed by atoms with Crippen molar-refractivity contribution >= 4 is 11.8 Å². The molecule has 0 aromatic carbocycles. The molecule has 2 aliphatic rings. The summed E-state index contributed by atoms with van der Waals surface area (Å²) in [6.45, 7) is 10.5. The molecule has 2 atom stereocenters. The van der Waals surface area contributed by atoms with E-state index in [1.807, 2.05) is 0 Å². The van der Waals surface area contributed by atoms with Crippen molar-refractivity contribution in [3.8, 4) is 0 Å².